The molecular formula is C21H22N6O2. The number of aromatic amines is 1. The standard InChI is InChI=1S/C21H22N6O2/c1-3-9-27(21(23)29)19(22)18-17(16-10-15(13(2)28)11-24-12-16)25-20(26-18)14-7-5-4-6-8-14/h4-8,10-12,22H,3,9H2,1-2H3,(H2,23,29)(H,25,26). The fourth-order valence-corrected chi connectivity index (χ4v) is 2.94. The average molecular weight is 390 g/mol. The average Bonchev–Trinajstić information content (AvgIpc) is 3.17. The predicted octanol–water partition coefficient (Wildman–Crippen LogP) is 3.46. The summed E-state index contributed by atoms with van der Waals surface area (Å²) in [6.07, 6.45) is 3.70. The third-order valence-electron chi connectivity index (χ3n) is 4.39. The summed E-state index contributed by atoms with van der Waals surface area (Å²) in [7, 11) is 0. The van der Waals surface area contributed by atoms with Crippen LogP contribution in [0.1, 0.15) is 36.3 Å². The SMILES string of the molecule is CCCN(C(=N)c1nc(-c2ccccc2)[nH]c1-c1cncc(C(C)=O)c1)C(N)=O. The second-order valence-electron chi connectivity index (χ2n) is 6.53. The molecule has 0 saturated heterocycles. The third kappa shape index (κ3) is 4.21. The Morgan fingerprint density at radius 2 is 1.90 bits per heavy atom. The Morgan fingerprint density at radius 3 is 2.52 bits per heavy atom. The summed E-state index contributed by atoms with van der Waals surface area (Å²) in [5.74, 6) is 0.305. The molecule has 1 aromatic carbocycles. The van der Waals surface area contributed by atoms with E-state index in [1.165, 1.54) is 18.0 Å². The van der Waals surface area contributed by atoms with E-state index in [-0.39, 0.29) is 17.3 Å². The molecule has 29 heavy (non-hydrogen) atoms. The van der Waals surface area contributed by atoms with Crippen LogP contribution in [-0.4, -0.2) is 44.0 Å². The number of amides is 2. The second-order valence-corrected chi connectivity index (χ2v) is 6.53. The molecule has 2 aromatic heterocycles. The number of amidine groups is 1. The van der Waals surface area contributed by atoms with E-state index >= 15 is 0 Å². The highest BCUT2D eigenvalue weighted by Crippen LogP contribution is 2.27. The van der Waals surface area contributed by atoms with Gasteiger partial charge in [-0.2, -0.15) is 0 Å². The normalized spacial score (nSPS) is 10.6. The number of nitrogens with zero attached hydrogens (tertiary/aromatic N) is 3. The molecule has 0 fully saturated rings. The first-order valence-electron chi connectivity index (χ1n) is 9.20. The Hall–Kier alpha value is -3.81. The largest absolute Gasteiger partial charge is 0.351 e. The number of aromatic nitrogens is 3. The van der Waals surface area contributed by atoms with Gasteiger partial charge in [0.15, 0.2) is 11.6 Å². The number of benzene rings is 1. The molecule has 0 aliphatic carbocycles. The molecule has 8 nitrogen and oxygen atoms in total. The van der Waals surface area contributed by atoms with Gasteiger partial charge in [0.2, 0.25) is 0 Å². The fourth-order valence-electron chi connectivity index (χ4n) is 2.94. The number of nitrogens with one attached hydrogen (secondary N) is 2. The third-order valence-corrected chi connectivity index (χ3v) is 4.39. The number of imidazole rings is 1. The number of ketones is 1. The van der Waals surface area contributed by atoms with Gasteiger partial charge in [-0.05, 0) is 19.4 Å². The van der Waals surface area contributed by atoms with Crippen molar-refractivity contribution in [1.82, 2.24) is 19.9 Å². The smallest absolute Gasteiger partial charge is 0.320 e. The van der Waals surface area contributed by atoms with E-state index < -0.39 is 6.03 Å². The Bertz CT molecular complexity index is 1060. The summed E-state index contributed by atoms with van der Waals surface area (Å²) in [6.45, 7) is 3.65. The number of pyridine rings is 1. The molecule has 2 amide bonds. The molecule has 2 heterocycles. The van der Waals surface area contributed by atoms with Crippen LogP contribution in [0.2, 0.25) is 0 Å². The molecule has 0 bridgehead atoms. The lowest BCUT2D eigenvalue weighted by Gasteiger charge is -2.19. The molecule has 0 aliphatic rings. The lowest BCUT2D eigenvalue weighted by molar-refractivity contribution is 0.101. The van der Waals surface area contributed by atoms with Gasteiger partial charge in [-0.25, -0.2) is 9.78 Å². The number of hydrogen-bond acceptors (Lipinski definition) is 5. The first-order valence-corrected chi connectivity index (χ1v) is 9.20. The lowest BCUT2D eigenvalue weighted by Crippen LogP contribution is -2.41. The molecular weight excluding hydrogens is 368 g/mol. The van der Waals surface area contributed by atoms with Crippen molar-refractivity contribution >= 4 is 17.6 Å². The van der Waals surface area contributed by atoms with Crippen LogP contribution in [0.5, 0.6) is 0 Å². The van der Waals surface area contributed by atoms with E-state index in [9.17, 15) is 9.59 Å². The lowest BCUT2D eigenvalue weighted by atomic mass is 10.1. The van der Waals surface area contributed by atoms with Gasteiger partial charge in [0.05, 0.1) is 5.69 Å². The summed E-state index contributed by atoms with van der Waals surface area (Å²) in [5.41, 5.74) is 8.09. The van der Waals surface area contributed by atoms with Gasteiger partial charge in [-0.1, -0.05) is 37.3 Å². The number of carbonyl (C=O) groups excluding carboxylic acids is 2. The van der Waals surface area contributed by atoms with Crippen molar-refractivity contribution in [1.29, 1.82) is 5.41 Å². The van der Waals surface area contributed by atoms with E-state index in [4.69, 9.17) is 11.1 Å². The number of urea groups is 1. The van der Waals surface area contributed by atoms with E-state index in [1.807, 2.05) is 37.3 Å². The number of Topliss-reactive ketones (excluding diaryl/α,β-unsaturated/α-hetero) is 1. The van der Waals surface area contributed by atoms with Crippen LogP contribution in [0.3, 0.4) is 0 Å². The summed E-state index contributed by atoms with van der Waals surface area (Å²) in [4.78, 5) is 36.8. The Kier molecular flexibility index (Phi) is 5.82. The number of primary amides is 1. The van der Waals surface area contributed by atoms with Crippen LogP contribution in [0.25, 0.3) is 22.6 Å². The van der Waals surface area contributed by atoms with Gasteiger partial charge < -0.3 is 10.7 Å². The van der Waals surface area contributed by atoms with Crippen molar-refractivity contribution in [2.75, 3.05) is 6.54 Å². The summed E-state index contributed by atoms with van der Waals surface area (Å²) in [6, 6.07) is 10.4. The van der Waals surface area contributed by atoms with Gasteiger partial charge in [-0.3, -0.25) is 20.1 Å². The minimum absolute atomic E-state index is 0.110. The molecule has 148 valence electrons. The monoisotopic (exact) mass is 390 g/mol. The maximum Gasteiger partial charge on any atom is 0.320 e. The van der Waals surface area contributed by atoms with E-state index in [2.05, 4.69) is 15.0 Å². The molecule has 0 radical (unpaired) electrons. The first-order chi connectivity index (χ1) is 13.9. The predicted molar refractivity (Wildman–Crippen MR) is 111 cm³/mol. The Balaban J connectivity index is 2.17. The number of carbonyl (C=O) groups is 2. The van der Waals surface area contributed by atoms with Crippen molar-refractivity contribution in [3.63, 3.8) is 0 Å². The van der Waals surface area contributed by atoms with E-state index in [0.29, 0.717) is 35.6 Å². The quantitative estimate of drug-likeness (QED) is 0.338. The fraction of sp³-hybridized carbons (Fsp3) is 0.190. The number of hydrogen-bond donors (Lipinski definition) is 3. The Morgan fingerprint density at radius 1 is 1.17 bits per heavy atom. The minimum Gasteiger partial charge on any atom is -0.351 e. The van der Waals surface area contributed by atoms with Crippen LogP contribution in [0.4, 0.5) is 4.79 Å². The highest BCUT2D eigenvalue weighted by Gasteiger charge is 2.24. The van der Waals surface area contributed by atoms with Crippen molar-refractivity contribution in [2.24, 2.45) is 5.73 Å². The second kappa shape index (κ2) is 8.47. The van der Waals surface area contributed by atoms with E-state index in [1.54, 1.807) is 12.3 Å². The van der Waals surface area contributed by atoms with Gasteiger partial charge in [0.25, 0.3) is 0 Å². The van der Waals surface area contributed by atoms with Crippen molar-refractivity contribution in [3.8, 4) is 22.6 Å². The van der Waals surface area contributed by atoms with Crippen molar-refractivity contribution < 1.29 is 9.59 Å². The summed E-state index contributed by atoms with van der Waals surface area (Å²) < 4.78 is 0. The van der Waals surface area contributed by atoms with Gasteiger partial charge in [-0.15, -0.1) is 0 Å². The maximum atomic E-state index is 11.9. The summed E-state index contributed by atoms with van der Waals surface area (Å²) >= 11 is 0. The highest BCUT2D eigenvalue weighted by atomic mass is 16.2. The van der Waals surface area contributed by atoms with Crippen LogP contribution >= 0.6 is 0 Å². The summed E-state index contributed by atoms with van der Waals surface area (Å²) in [5, 5.41) is 8.58. The zero-order valence-electron chi connectivity index (χ0n) is 16.3. The molecule has 0 saturated carbocycles. The van der Waals surface area contributed by atoms with Crippen LogP contribution in [0, 0.1) is 5.41 Å². The van der Waals surface area contributed by atoms with Gasteiger partial charge >= 0.3 is 6.03 Å². The zero-order valence-corrected chi connectivity index (χ0v) is 16.3. The molecule has 0 unspecified atom stereocenters. The molecule has 8 heteroatoms. The van der Waals surface area contributed by atoms with Crippen LogP contribution in [-0.2, 0) is 0 Å². The first kappa shape index (κ1) is 19.9. The number of H-pyrrole nitrogens is 1. The van der Waals surface area contributed by atoms with Crippen molar-refractivity contribution in [2.45, 2.75) is 20.3 Å². The zero-order chi connectivity index (χ0) is 21.0. The van der Waals surface area contributed by atoms with Crippen LogP contribution in [0.15, 0.2) is 48.8 Å². The number of nitrogens with two attached hydrogens (primary N) is 1. The highest BCUT2D eigenvalue weighted by molar-refractivity contribution is 6.08. The van der Waals surface area contributed by atoms with Crippen molar-refractivity contribution in [3.05, 3.63) is 60.0 Å². The molecule has 0 atom stereocenters. The van der Waals surface area contributed by atoms with E-state index in [0.717, 1.165) is 5.56 Å². The molecule has 3 rings (SSSR count). The Labute approximate surface area is 168 Å². The molecule has 0 aliphatic heterocycles. The molecule has 0 spiro atoms. The molecule has 3 aromatic rings. The number of rotatable bonds is 6. The minimum atomic E-state index is -0.720. The van der Waals surface area contributed by atoms with Crippen LogP contribution < -0.4 is 5.73 Å². The molecule has 4 N–H and O–H groups in total. The topological polar surface area (TPSA) is 129 Å². The maximum absolute atomic E-state index is 11.9. The van der Waals surface area contributed by atoms with Gasteiger partial charge in [0, 0.05) is 35.6 Å². The van der Waals surface area contributed by atoms with Gasteiger partial charge in [0.1, 0.15) is 11.5 Å².